The summed E-state index contributed by atoms with van der Waals surface area (Å²) in [5, 5.41) is 4.97. The van der Waals surface area contributed by atoms with Gasteiger partial charge < -0.3 is 9.73 Å². The number of nitrogens with one attached hydrogen (secondary N) is 1. The fourth-order valence-electron chi connectivity index (χ4n) is 2.44. The van der Waals surface area contributed by atoms with Gasteiger partial charge in [-0.1, -0.05) is 36.4 Å². The fraction of sp³-hybridized carbons (Fsp3) is 0. The van der Waals surface area contributed by atoms with Crippen molar-refractivity contribution in [3.8, 4) is 0 Å². The Bertz CT molecular complexity index is 1040. The van der Waals surface area contributed by atoms with Crippen molar-refractivity contribution in [3.05, 3.63) is 77.3 Å². The summed E-state index contributed by atoms with van der Waals surface area (Å²) >= 11 is 0. The van der Waals surface area contributed by atoms with E-state index in [1.807, 2.05) is 48.5 Å². The van der Waals surface area contributed by atoms with Gasteiger partial charge in [0.15, 0.2) is 0 Å². The molecule has 22 heavy (non-hydrogen) atoms. The number of fused-ring (bicyclic) bond motifs is 2. The molecule has 0 bridgehead atoms. The van der Waals surface area contributed by atoms with Gasteiger partial charge in [-0.15, -0.1) is 0 Å². The zero-order valence-corrected chi connectivity index (χ0v) is 11.6. The summed E-state index contributed by atoms with van der Waals surface area (Å²) in [5.41, 5.74) is 2.25. The van der Waals surface area contributed by atoms with Gasteiger partial charge in [0.25, 0.3) is 0 Å². The van der Waals surface area contributed by atoms with Crippen LogP contribution in [0.15, 0.2) is 76.1 Å². The predicted molar refractivity (Wildman–Crippen MR) is 87.5 cm³/mol. The summed E-state index contributed by atoms with van der Waals surface area (Å²) in [6, 6.07) is 19.0. The van der Waals surface area contributed by atoms with E-state index in [4.69, 9.17) is 4.42 Å². The lowest BCUT2D eigenvalue weighted by Gasteiger charge is -2.07. The van der Waals surface area contributed by atoms with E-state index in [0.717, 1.165) is 22.0 Å². The predicted octanol–water partition coefficient (Wildman–Crippen LogP) is 4.08. The Morgan fingerprint density at radius 3 is 2.59 bits per heavy atom. The smallest absolute Gasteiger partial charge is 0.360 e. The van der Waals surface area contributed by atoms with Crippen LogP contribution in [0.4, 0.5) is 11.4 Å². The first-order valence-electron chi connectivity index (χ1n) is 6.94. The van der Waals surface area contributed by atoms with Crippen molar-refractivity contribution in [2.45, 2.75) is 0 Å². The van der Waals surface area contributed by atoms with Crippen molar-refractivity contribution < 1.29 is 4.42 Å². The minimum absolute atomic E-state index is 0.396. The molecule has 2 heterocycles. The third-order valence-electron chi connectivity index (χ3n) is 3.51. The summed E-state index contributed by atoms with van der Waals surface area (Å²) in [7, 11) is 0. The molecule has 0 aliphatic carbocycles. The number of nitrogens with zero attached hydrogens (tertiary/aromatic N) is 1. The highest BCUT2D eigenvalue weighted by atomic mass is 16.4. The minimum atomic E-state index is -0.396. The van der Waals surface area contributed by atoms with Crippen molar-refractivity contribution in [3.63, 3.8) is 0 Å². The Kier molecular flexibility index (Phi) is 2.86. The van der Waals surface area contributed by atoms with Crippen LogP contribution in [0.5, 0.6) is 0 Å². The Labute approximate surface area is 126 Å². The second kappa shape index (κ2) is 5.00. The van der Waals surface area contributed by atoms with Crippen molar-refractivity contribution >= 4 is 33.2 Å². The maximum Gasteiger partial charge on any atom is 0.360 e. The van der Waals surface area contributed by atoms with Crippen LogP contribution in [-0.4, -0.2) is 4.98 Å². The summed E-state index contributed by atoms with van der Waals surface area (Å²) < 4.78 is 5.31. The van der Waals surface area contributed by atoms with Gasteiger partial charge in [0.2, 0.25) is 0 Å². The first-order valence-corrected chi connectivity index (χ1v) is 6.94. The Morgan fingerprint density at radius 1 is 0.909 bits per heavy atom. The molecule has 4 rings (SSSR count). The summed E-state index contributed by atoms with van der Waals surface area (Å²) in [4.78, 5) is 16.4. The zero-order chi connectivity index (χ0) is 14.9. The zero-order valence-electron chi connectivity index (χ0n) is 11.6. The second-order valence-electron chi connectivity index (χ2n) is 5.03. The number of aromatic nitrogens is 1. The molecule has 2 aromatic heterocycles. The molecule has 4 nitrogen and oxygen atoms in total. The molecule has 0 unspecified atom stereocenters. The molecule has 0 radical (unpaired) electrons. The van der Waals surface area contributed by atoms with Crippen LogP contribution in [0.3, 0.4) is 0 Å². The Morgan fingerprint density at radius 2 is 1.68 bits per heavy atom. The van der Waals surface area contributed by atoms with Gasteiger partial charge in [-0.05, 0) is 24.3 Å². The van der Waals surface area contributed by atoms with E-state index in [0.29, 0.717) is 11.3 Å². The van der Waals surface area contributed by atoms with Crippen molar-refractivity contribution in [1.29, 1.82) is 0 Å². The van der Waals surface area contributed by atoms with E-state index in [2.05, 4.69) is 10.3 Å². The van der Waals surface area contributed by atoms with Crippen LogP contribution in [0.1, 0.15) is 0 Å². The van der Waals surface area contributed by atoms with Crippen LogP contribution in [0, 0.1) is 0 Å². The van der Waals surface area contributed by atoms with Crippen molar-refractivity contribution in [2.75, 3.05) is 5.32 Å². The highest BCUT2D eigenvalue weighted by Crippen LogP contribution is 2.21. The Balaban J connectivity index is 1.78. The minimum Gasteiger partial charge on any atom is -0.421 e. The molecule has 2 aromatic carbocycles. The van der Waals surface area contributed by atoms with Crippen LogP contribution in [-0.2, 0) is 0 Å². The van der Waals surface area contributed by atoms with Gasteiger partial charge in [-0.3, -0.25) is 4.98 Å². The lowest BCUT2D eigenvalue weighted by molar-refractivity contribution is 0.564. The van der Waals surface area contributed by atoms with Gasteiger partial charge in [-0.2, -0.15) is 0 Å². The maximum absolute atomic E-state index is 12.1. The molecule has 4 heteroatoms. The Hall–Kier alpha value is -3.14. The highest BCUT2D eigenvalue weighted by Gasteiger charge is 2.06. The normalized spacial score (nSPS) is 10.9. The van der Waals surface area contributed by atoms with Crippen LogP contribution in [0.2, 0.25) is 0 Å². The summed E-state index contributed by atoms with van der Waals surface area (Å²) in [6.45, 7) is 0. The molecule has 106 valence electrons. The molecule has 0 fully saturated rings. The first kappa shape index (κ1) is 12.6. The lowest BCUT2D eigenvalue weighted by Crippen LogP contribution is -2.06. The van der Waals surface area contributed by atoms with Gasteiger partial charge in [-0.25, -0.2) is 4.79 Å². The molecule has 0 spiro atoms. The van der Waals surface area contributed by atoms with E-state index in [-0.39, 0.29) is 0 Å². The number of hydrogen-bond donors (Lipinski definition) is 1. The molecule has 0 aliphatic rings. The second-order valence-corrected chi connectivity index (χ2v) is 5.03. The number of anilines is 2. The lowest BCUT2D eigenvalue weighted by atomic mass is 10.2. The molecule has 0 saturated carbocycles. The third kappa shape index (κ3) is 2.20. The van der Waals surface area contributed by atoms with E-state index < -0.39 is 5.63 Å². The van der Waals surface area contributed by atoms with Gasteiger partial charge >= 0.3 is 5.63 Å². The molecular weight excluding hydrogens is 276 g/mol. The first-order chi connectivity index (χ1) is 10.8. The fourth-order valence-corrected chi connectivity index (χ4v) is 2.44. The molecule has 0 atom stereocenters. The largest absolute Gasteiger partial charge is 0.421 e. The molecule has 0 aliphatic heterocycles. The number of para-hydroxylation sites is 2. The maximum atomic E-state index is 12.1. The van der Waals surface area contributed by atoms with E-state index in [1.54, 1.807) is 18.3 Å². The third-order valence-corrected chi connectivity index (χ3v) is 3.51. The van der Waals surface area contributed by atoms with E-state index in [1.165, 1.54) is 0 Å². The summed E-state index contributed by atoms with van der Waals surface area (Å²) in [6.07, 6.45) is 1.71. The quantitative estimate of drug-likeness (QED) is 0.564. The molecule has 4 aromatic rings. The monoisotopic (exact) mass is 288 g/mol. The van der Waals surface area contributed by atoms with Gasteiger partial charge in [0.1, 0.15) is 11.3 Å². The summed E-state index contributed by atoms with van der Waals surface area (Å²) in [5.74, 6) is 0. The van der Waals surface area contributed by atoms with Crippen LogP contribution < -0.4 is 10.9 Å². The molecule has 0 amide bonds. The van der Waals surface area contributed by atoms with E-state index >= 15 is 0 Å². The van der Waals surface area contributed by atoms with Gasteiger partial charge in [0.05, 0.1) is 17.4 Å². The number of benzene rings is 2. The number of hydrogen-bond acceptors (Lipinski definition) is 4. The van der Waals surface area contributed by atoms with Crippen molar-refractivity contribution in [1.82, 2.24) is 4.98 Å². The van der Waals surface area contributed by atoms with Crippen LogP contribution >= 0.6 is 0 Å². The van der Waals surface area contributed by atoms with Gasteiger partial charge in [0, 0.05) is 10.8 Å². The van der Waals surface area contributed by atoms with Crippen molar-refractivity contribution in [2.24, 2.45) is 0 Å². The molecule has 0 saturated heterocycles. The topological polar surface area (TPSA) is 55.1 Å². The standard InChI is InChI=1S/C18H12N2O2/c21-18-16(10-13-6-2-4-8-17(13)22-18)20-14-9-12-5-1-3-7-15(12)19-11-14/h1-11,20H. The van der Waals surface area contributed by atoms with Crippen LogP contribution in [0.25, 0.3) is 21.9 Å². The SMILES string of the molecule is O=c1oc2ccccc2cc1Nc1cnc2ccccc2c1. The highest BCUT2D eigenvalue weighted by molar-refractivity contribution is 5.84. The average Bonchev–Trinajstić information content (AvgIpc) is 2.55. The molecule has 1 N–H and O–H groups in total. The van der Waals surface area contributed by atoms with E-state index in [9.17, 15) is 4.79 Å². The average molecular weight is 288 g/mol. The molecular formula is C18H12N2O2. The number of rotatable bonds is 2. The number of pyridine rings is 1.